The third kappa shape index (κ3) is 52.4. The number of allylic oxidation sites excluding steroid dienone is 4. The Morgan fingerprint density at radius 2 is 0.804 bits per heavy atom. The van der Waals surface area contributed by atoms with Crippen molar-refractivity contribution < 1.29 is 53.4 Å². The number of aliphatic carboxylic acids is 1. The van der Waals surface area contributed by atoms with Crippen LogP contribution < -0.4 is 29.5 Å². The van der Waals surface area contributed by atoms with Gasteiger partial charge in [-0.25, -0.2) is 0 Å². The molecule has 0 bridgehead atoms. The van der Waals surface area contributed by atoms with Gasteiger partial charge in [-0.3, -0.25) is 19.2 Å². The first-order valence-corrected chi connectivity index (χ1v) is 20.0. The number of methoxy groups -OCH3 is 1. The van der Waals surface area contributed by atoms with Crippen molar-refractivity contribution >= 4 is 23.8 Å². The van der Waals surface area contributed by atoms with Crippen LogP contribution in [-0.4, -0.2) is 54.5 Å². The first-order valence-electron chi connectivity index (χ1n) is 20.0. The Morgan fingerprint density at radius 3 is 1.14 bits per heavy atom. The number of rotatable bonds is 34. The van der Waals surface area contributed by atoms with E-state index >= 15 is 0 Å². The number of carboxylic acid groups (broad SMARTS) is 1. The molecule has 0 fully saturated rings. The van der Waals surface area contributed by atoms with Gasteiger partial charge in [0.1, 0.15) is 0 Å². The number of carbonyl (C=O) groups excluding carboxylic acids is 3. The summed E-state index contributed by atoms with van der Waals surface area (Å²) >= 11 is 0. The fraction of sp³-hybridized carbons (Fsp3) is 0.805. The molecule has 294 valence electrons. The number of hydrogen-bond acceptors (Lipinski definition) is 6. The Balaban J connectivity index is -0.000000417. The maximum atomic E-state index is 11.3. The summed E-state index contributed by atoms with van der Waals surface area (Å²) in [6, 6.07) is 0. The normalized spacial score (nSPS) is 10.6. The summed E-state index contributed by atoms with van der Waals surface area (Å²) in [7, 11) is 1.45. The molecule has 0 atom stereocenters. The van der Waals surface area contributed by atoms with Crippen molar-refractivity contribution in [1.82, 2.24) is 10.6 Å². The quantitative estimate of drug-likeness (QED) is 0.0272. The van der Waals surface area contributed by atoms with E-state index in [4.69, 9.17) is 5.11 Å². The van der Waals surface area contributed by atoms with E-state index in [2.05, 4.69) is 39.7 Å². The van der Waals surface area contributed by atoms with Gasteiger partial charge in [-0.2, -0.15) is 0 Å². The first-order chi connectivity index (χ1) is 23.9. The second-order valence-corrected chi connectivity index (χ2v) is 13.1. The summed E-state index contributed by atoms with van der Waals surface area (Å²) < 4.78 is 4.63. The second kappa shape index (κ2) is 47.9. The van der Waals surface area contributed by atoms with Gasteiger partial charge in [-0.05, 0) is 89.9 Å². The molecule has 0 saturated heterocycles. The molecule has 0 spiro atoms. The van der Waals surface area contributed by atoms with E-state index in [1.807, 2.05) is 13.8 Å². The average molecular weight is 717 g/mol. The van der Waals surface area contributed by atoms with Gasteiger partial charge in [-0.1, -0.05) is 102 Å². The van der Waals surface area contributed by atoms with E-state index in [1.54, 1.807) is 0 Å². The molecule has 0 rings (SSSR count). The molecule has 0 aromatic carbocycles. The topological polar surface area (TPSA) is 152 Å². The SMILES string of the molecule is CCCC(=O)NCCCC/C=C\CCCCCCCCCC(=O)O.CCCC(=O)NCCCC/C=C\CCCCCCCCCC(=O)OC.[Li+].[OH-]. The minimum atomic E-state index is -0.678. The van der Waals surface area contributed by atoms with E-state index in [1.165, 1.54) is 71.3 Å². The summed E-state index contributed by atoms with van der Waals surface area (Å²) in [5, 5.41) is 14.4. The Morgan fingerprint density at radius 1 is 0.490 bits per heavy atom. The first kappa shape index (κ1) is 55.7. The number of amides is 2. The molecule has 2 amide bonds. The fourth-order valence-corrected chi connectivity index (χ4v) is 5.27. The van der Waals surface area contributed by atoms with Gasteiger partial charge in [0, 0.05) is 38.8 Å². The van der Waals surface area contributed by atoms with Crippen molar-refractivity contribution in [2.45, 2.75) is 194 Å². The number of nitrogens with one attached hydrogen (secondary N) is 2. The standard InChI is InChI=1S/C21H39NO3.C20H37NO3.Li.H2O/c1-3-17-20(23)22-19-16-14-12-10-8-6-4-5-7-9-11-13-15-18-21(24)25-2;1-2-16-19(22)21-18-15-13-11-9-7-5-3-4-6-8-10-12-14-17-20(23)24;;/h8,10H,3-7,9,11-19H2,1-2H3,(H,22,23);7,9H,2-6,8,10-18H2,1H3,(H,21,22)(H,23,24);;1H2/q;;+1;/p-1/b10-8-;9-7-;;. The summed E-state index contributed by atoms with van der Waals surface area (Å²) in [6.45, 7) is 5.66. The molecule has 0 heterocycles. The molecular formula is C41H77LiN2O7. The summed E-state index contributed by atoms with van der Waals surface area (Å²) in [5.74, 6) is -0.410. The maximum absolute atomic E-state index is 11.3. The molecule has 4 N–H and O–H groups in total. The summed E-state index contributed by atoms with van der Waals surface area (Å²) in [5.41, 5.74) is 0. The van der Waals surface area contributed by atoms with Gasteiger partial charge < -0.3 is 26.0 Å². The van der Waals surface area contributed by atoms with Crippen molar-refractivity contribution in [3.05, 3.63) is 24.3 Å². The minimum absolute atomic E-state index is 0. The van der Waals surface area contributed by atoms with Crippen LogP contribution in [0.3, 0.4) is 0 Å². The Hall–Kier alpha value is -2.08. The van der Waals surface area contributed by atoms with Crippen molar-refractivity contribution in [2.75, 3.05) is 20.2 Å². The maximum Gasteiger partial charge on any atom is 1.00 e. The fourth-order valence-electron chi connectivity index (χ4n) is 5.27. The monoisotopic (exact) mass is 717 g/mol. The van der Waals surface area contributed by atoms with E-state index in [9.17, 15) is 19.2 Å². The van der Waals surface area contributed by atoms with Crippen molar-refractivity contribution in [3.8, 4) is 0 Å². The predicted octanol–water partition coefficient (Wildman–Crippen LogP) is 7.37. The molecule has 51 heavy (non-hydrogen) atoms. The predicted molar refractivity (Wildman–Crippen MR) is 207 cm³/mol. The van der Waals surface area contributed by atoms with Gasteiger partial charge in [-0.15, -0.1) is 0 Å². The molecule has 0 aromatic rings. The third-order valence-electron chi connectivity index (χ3n) is 8.27. The zero-order valence-electron chi connectivity index (χ0n) is 33.5. The van der Waals surface area contributed by atoms with Crippen molar-refractivity contribution in [2.24, 2.45) is 0 Å². The van der Waals surface area contributed by atoms with Crippen molar-refractivity contribution in [3.63, 3.8) is 0 Å². The van der Waals surface area contributed by atoms with Gasteiger partial charge in [0.05, 0.1) is 7.11 Å². The number of esters is 1. The largest absolute Gasteiger partial charge is 1.00 e. The number of carboxylic acids is 1. The van der Waals surface area contributed by atoms with E-state index < -0.39 is 5.97 Å². The van der Waals surface area contributed by atoms with Gasteiger partial charge in [0.2, 0.25) is 11.8 Å². The summed E-state index contributed by atoms with van der Waals surface area (Å²) in [4.78, 5) is 43.8. The van der Waals surface area contributed by atoms with Crippen LogP contribution in [0.25, 0.3) is 0 Å². The van der Waals surface area contributed by atoms with Gasteiger partial charge in [0.15, 0.2) is 0 Å². The number of ether oxygens (including phenoxy) is 1. The average Bonchev–Trinajstić information content (AvgIpc) is 3.08. The minimum Gasteiger partial charge on any atom is -0.870 e. The Kier molecular flexibility index (Phi) is 52.3. The van der Waals surface area contributed by atoms with Crippen LogP contribution >= 0.6 is 0 Å². The molecule has 0 unspecified atom stereocenters. The molecule has 0 aromatic heterocycles. The molecule has 9 nitrogen and oxygen atoms in total. The van der Waals surface area contributed by atoms with Gasteiger partial charge in [0.25, 0.3) is 0 Å². The van der Waals surface area contributed by atoms with Crippen LogP contribution in [0.2, 0.25) is 0 Å². The second-order valence-electron chi connectivity index (χ2n) is 13.1. The van der Waals surface area contributed by atoms with E-state index in [0.29, 0.717) is 25.7 Å². The molecule has 0 aliphatic rings. The molecule has 0 radical (unpaired) electrons. The molecule has 0 aliphatic carbocycles. The Bertz CT molecular complexity index is 837. The van der Waals surface area contributed by atoms with Crippen LogP contribution in [0.5, 0.6) is 0 Å². The zero-order chi connectivity index (χ0) is 36.5. The smallest absolute Gasteiger partial charge is 0.870 e. The van der Waals surface area contributed by atoms with E-state index in [-0.39, 0.29) is 42.1 Å². The van der Waals surface area contributed by atoms with Crippen LogP contribution in [-0.2, 0) is 23.9 Å². The zero-order valence-corrected chi connectivity index (χ0v) is 33.5. The number of carbonyl (C=O) groups is 4. The molecular weight excluding hydrogens is 639 g/mol. The van der Waals surface area contributed by atoms with Crippen LogP contribution in [0.4, 0.5) is 0 Å². The third-order valence-corrected chi connectivity index (χ3v) is 8.27. The molecule has 0 saturated carbocycles. The van der Waals surface area contributed by atoms with Crippen LogP contribution in [0.15, 0.2) is 24.3 Å². The van der Waals surface area contributed by atoms with Crippen LogP contribution in [0, 0.1) is 0 Å². The number of unbranched alkanes of at least 4 members (excludes halogenated alkanes) is 18. The van der Waals surface area contributed by atoms with Gasteiger partial charge >= 0.3 is 30.8 Å². The van der Waals surface area contributed by atoms with Crippen molar-refractivity contribution in [1.29, 1.82) is 0 Å². The Labute approximate surface area is 324 Å². The van der Waals surface area contributed by atoms with E-state index in [0.717, 1.165) is 103 Å². The molecule has 10 heteroatoms. The number of hydrogen-bond donors (Lipinski definition) is 3. The summed E-state index contributed by atoms with van der Waals surface area (Å²) in [6.07, 6.45) is 38.6. The van der Waals surface area contributed by atoms with Crippen LogP contribution in [0.1, 0.15) is 194 Å². The molecule has 0 aliphatic heterocycles.